The van der Waals surface area contributed by atoms with E-state index in [-0.39, 0.29) is 6.54 Å². The lowest BCUT2D eigenvalue weighted by Gasteiger charge is -2.12. The minimum atomic E-state index is -1.45. The lowest BCUT2D eigenvalue weighted by Crippen LogP contribution is -2.30. The van der Waals surface area contributed by atoms with E-state index in [1.807, 2.05) is 0 Å². The Kier molecular flexibility index (Phi) is 3.26. The smallest absolute Gasteiger partial charge is 0.182 e. The van der Waals surface area contributed by atoms with Gasteiger partial charge in [0.1, 0.15) is 0 Å². The molecule has 0 spiro atoms. The summed E-state index contributed by atoms with van der Waals surface area (Å²) in [6, 6.07) is 0. The summed E-state index contributed by atoms with van der Waals surface area (Å²) < 4.78 is 13.0. The van der Waals surface area contributed by atoms with Gasteiger partial charge in [-0.1, -0.05) is 12.8 Å². The maximum atomic E-state index is 13.0. The number of nitrogens with two attached hydrogens (primary N) is 1. The second-order valence-electron chi connectivity index (χ2n) is 1.90. The van der Waals surface area contributed by atoms with Crippen LogP contribution in [0, 0.1) is 11.8 Å². The predicted octanol–water partition coefficient (Wildman–Crippen LogP) is 1.09. The first-order valence-corrected chi connectivity index (χ1v) is 3.01. The number of alkyl halides is 1. The predicted molar refractivity (Wildman–Crippen MR) is 36.6 cm³/mol. The van der Waals surface area contributed by atoms with Crippen molar-refractivity contribution in [1.29, 1.82) is 0 Å². The summed E-state index contributed by atoms with van der Waals surface area (Å²) in [4.78, 5) is 0. The van der Waals surface area contributed by atoms with Crippen LogP contribution in [0.3, 0.4) is 0 Å². The fourth-order valence-corrected chi connectivity index (χ4v) is 0.508. The highest BCUT2D eigenvalue weighted by molar-refractivity contribution is 5.12. The van der Waals surface area contributed by atoms with Gasteiger partial charge in [0, 0.05) is 6.54 Å². The van der Waals surface area contributed by atoms with Gasteiger partial charge in [-0.25, -0.2) is 4.39 Å². The summed E-state index contributed by atoms with van der Waals surface area (Å²) in [5, 5.41) is 0. The Balaban J connectivity index is 4.03. The molecule has 0 aliphatic heterocycles. The van der Waals surface area contributed by atoms with Crippen molar-refractivity contribution >= 4 is 0 Å². The van der Waals surface area contributed by atoms with Gasteiger partial charge < -0.3 is 5.73 Å². The molecular weight excluding hydrogens is 117 g/mol. The van der Waals surface area contributed by atoms with Crippen LogP contribution in [0.15, 0.2) is 0 Å². The molecule has 52 valence electrons. The lowest BCUT2D eigenvalue weighted by atomic mass is 10.0. The van der Waals surface area contributed by atoms with Crippen LogP contribution in [0.1, 0.15) is 20.3 Å². The van der Waals surface area contributed by atoms with Crippen molar-refractivity contribution in [3.8, 4) is 11.8 Å². The monoisotopic (exact) mass is 129 g/mol. The van der Waals surface area contributed by atoms with E-state index in [0.29, 0.717) is 6.42 Å². The summed E-state index contributed by atoms with van der Waals surface area (Å²) in [5.74, 6) is 4.92. The Morgan fingerprint density at radius 1 is 1.67 bits per heavy atom. The molecule has 0 saturated heterocycles. The first-order valence-electron chi connectivity index (χ1n) is 3.01. The normalized spacial score (nSPS) is 15.6. The Morgan fingerprint density at radius 3 is 2.33 bits per heavy atom. The average Bonchev–Trinajstić information content (AvgIpc) is 1.89. The van der Waals surface area contributed by atoms with E-state index < -0.39 is 5.67 Å². The van der Waals surface area contributed by atoms with E-state index in [9.17, 15) is 4.39 Å². The largest absolute Gasteiger partial charge is 0.327 e. The Labute approximate surface area is 55.4 Å². The number of rotatable bonds is 2. The molecule has 0 bridgehead atoms. The quantitative estimate of drug-likeness (QED) is 0.555. The minimum absolute atomic E-state index is 0.00958. The molecule has 0 amide bonds. The molecule has 0 rings (SSSR count). The van der Waals surface area contributed by atoms with Gasteiger partial charge >= 0.3 is 0 Å². The molecule has 0 heterocycles. The zero-order chi connectivity index (χ0) is 7.33. The summed E-state index contributed by atoms with van der Waals surface area (Å²) in [5.41, 5.74) is 3.68. The van der Waals surface area contributed by atoms with Gasteiger partial charge in [0.05, 0.1) is 0 Å². The summed E-state index contributed by atoms with van der Waals surface area (Å²) in [6.45, 7) is 3.33. The fraction of sp³-hybridized carbons (Fsp3) is 0.714. The molecule has 0 aromatic heterocycles. The van der Waals surface area contributed by atoms with Gasteiger partial charge in [0.2, 0.25) is 0 Å². The molecule has 1 nitrogen and oxygen atoms in total. The topological polar surface area (TPSA) is 26.0 Å². The molecule has 0 fully saturated rings. The second kappa shape index (κ2) is 3.47. The molecule has 2 heteroatoms. The number of hydrogen-bond donors (Lipinski definition) is 1. The molecule has 1 atom stereocenters. The van der Waals surface area contributed by atoms with E-state index in [1.54, 1.807) is 13.8 Å². The first kappa shape index (κ1) is 8.45. The molecule has 0 aromatic rings. The van der Waals surface area contributed by atoms with Gasteiger partial charge in [-0.15, -0.1) is 5.92 Å². The maximum Gasteiger partial charge on any atom is 0.182 e. The zero-order valence-electron chi connectivity index (χ0n) is 5.87. The van der Waals surface area contributed by atoms with Gasteiger partial charge in [-0.05, 0) is 13.3 Å². The van der Waals surface area contributed by atoms with Crippen molar-refractivity contribution in [1.82, 2.24) is 0 Å². The van der Waals surface area contributed by atoms with Crippen LogP contribution >= 0.6 is 0 Å². The van der Waals surface area contributed by atoms with Crippen molar-refractivity contribution in [2.75, 3.05) is 6.54 Å². The molecule has 0 aliphatic rings. The third kappa shape index (κ3) is 2.48. The minimum Gasteiger partial charge on any atom is -0.327 e. The van der Waals surface area contributed by atoms with Crippen LogP contribution in [0.5, 0.6) is 0 Å². The summed E-state index contributed by atoms with van der Waals surface area (Å²) in [6.07, 6.45) is 0.365. The SMILES string of the molecule is CC#CC(F)(CC)CN. The van der Waals surface area contributed by atoms with Gasteiger partial charge in [-0.2, -0.15) is 0 Å². The molecule has 1 unspecified atom stereocenters. The van der Waals surface area contributed by atoms with E-state index in [2.05, 4.69) is 11.8 Å². The second-order valence-corrected chi connectivity index (χ2v) is 1.90. The van der Waals surface area contributed by atoms with Crippen LogP contribution < -0.4 is 5.73 Å². The fourth-order valence-electron chi connectivity index (χ4n) is 0.508. The van der Waals surface area contributed by atoms with Gasteiger partial charge in [0.25, 0.3) is 0 Å². The Morgan fingerprint density at radius 2 is 2.22 bits per heavy atom. The lowest BCUT2D eigenvalue weighted by molar-refractivity contribution is 0.245. The third-order valence-electron chi connectivity index (χ3n) is 1.23. The van der Waals surface area contributed by atoms with Crippen molar-refractivity contribution in [2.24, 2.45) is 5.73 Å². The molecule has 0 aliphatic carbocycles. The number of hydrogen-bond acceptors (Lipinski definition) is 1. The summed E-state index contributed by atoms with van der Waals surface area (Å²) in [7, 11) is 0. The van der Waals surface area contributed by atoms with E-state index in [0.717, 1.165) is 0 Å². The Bertz CT molecular complexity index is 128. The molecule has 2 N–H and O–H groups in total. The van der Waals surface area contributed by atoms with Crippen molar-refractivity contribution in [2.45, 2.75) is 25.9 Å². The van der Waals surface area contributed by atoms with Gasteiger partial charge in [-0.3, -0.25) is 0 Å². The van der Waals surface area contributed by atoms with Crippen LogP contribution in [-0.4, -0.2) is 12.2 Å². The highest BCUT2D eigenvalue weighted by Crippen LogP contribution is 2.11. The van der Waals surface area contributed by atoms with Crippen molar-refractivity contribution in [3.05, 3.63) is 0 Å². The van der Waals surface area contributed by atoms with Crippen molar-refractivity contribution in [3.63, 3.8) is 0 Å². The third-order valence-corrected chi connectivity index (χ3v) is 1.23. The molecule has 0 saturated carbocycles. The molecule has 9 heavy (non-hydrogen) atoms. The van der Waals surface area contributed by atoms with E-state index in [4.69, 9.17) is 5.73 Å². The van der Waals surface area contributed by atoms with Crippen LogP contribution in [0.2, 0.25) is 0 Å². The summed E-state index contributed by atoms with van der Waals surface area (Å²) >= 11 is 0. The maximum absolute atomic E-state index is 13.0. The molecule has 0 aromatic carbocycles. The highest BCUT2D eigenvalue weighted by Gasteiger charge is 2.21. The average molecular weight is 129 g/mol. The Hall–Kier alpha value is -0.550. The first-order chi connectivity index (χ1) is 4.18. The van der Waals surface area contributed by atoms with Gasteiger partial charge in [0.15, 0.2) is 5.67 Å². The molecule has 0 radical (unpaired) electrons. The van der Waals surface area contributed by atoms with Crippen LogP contribution in [0.4, 0.5) is 4.39 Å². The molecular formula is C7H12FN. The standard InChI is InChI=1S/C7H12FN/c1-3-5-7(8,4-2)6-9/h4,6,9H2,1-2H3. The van der Waals surface area contributed by atoms with Crippen LogP contribution in [-0.2, 0) is 0 Å². The zero-order valence-corrected chi connectivity index (χ0v) is 5.87. The van der Waals surface area contributed by atoms with Crippen molar-refractivity contribution < 1.29 is 4.39 Å². The highest BCUT2D eigenvalue weighted by atomic mass is 19.1. The van der Waals surface area contributed by atoms with E-state index in [1.165, 1.54) is 0 Å². The van der Waals surface area contributed by atoms with E-state index >= 15 is 0 Å². The van der Waals surface area contributed by atoms with Crippen LogP contribution in [0.25, 0.3) is 0 Å². The number of halogens is 1.